The largest absolute Gasteiger partial charge is 0.496 e. The van der Waals surface area contributed by atoms with E-state index in [1.54, 1.807) is 13.3 Å². The third-order valence-corrected chi connectivity index (χ3v) is 5.34. The minimum absolute atomic E-state index is 0.251. The maximum Gasteiger partial charge on any atom is 0.177 e. The van der Waals surface area contributed by atoms with Gasteiger partial charge in [0, 0.05) is 19.3 Å². The van der Waals surface area contributed by atoms with E-state index in [0.29, 0.717) is 11.7 Å². The molecule has 1 aliphatic rings. The lowest BCUT2D eigenvalue weighted by Gasteiger charge is -2.32. The number of nitrogens with zero attached hydrogens (tertiary/aromatic N) is 4. The summed E-state index contributed by atoms with van der Waals surface area (Å²) in [4.78, 5) is 11.4. The smallest absolute Gasteiger partial charge is 0.177 e. The fraction of sp³-hybridized carbons (Fsp3) is 0.400. The van der Waals surface area contributed by atoms with Gasteiger partial charge in [0.05, 0.1) is 19.2 Å². The Bertz CT molecular complexity index is 915. The Hall–Kier alpha value is -2.47. The molecule has 5 nitrogen and oxygen atoms in total. The van der Waals surface area contributed by atoms with Crippen LogP contribution in [-0.4, -0.2) is 39.6 Å². The van der Waals surface area contributed by atoms with Crippen molar-refractivity contribution in [2.24, 2.45) is 7.05 Å². The first-order chi connectivity index (χ1) is 12.7. The highest BCUT2D eigenvalue weighted by molar-refractivity contribution is 5.71. The highest BCUT2D eigenvalue weighted by Gasteiger charge is 2.24. The molecule has 0 bridgehead atoms. The summed E-state index contributed by atoms with van der Waals surface area (Å²) in [6.45, 7) is 2.80. The van der Waals surface area contributed by atoms with Gasteiger partial charge < -0.3 is 9.30 Å². The van der Waals surface area contributed by atoms with Crippen LogP contribution in [0.3, 0.4) is 0 Å². The number of ether oxygens (including phenoxy) is 1. The monoisotopic (exact) mass is 354 g/mol. The molecule has 0 atom stereocenters. The van der Waals surface area contributed by atoms with E-state index in [1.165, 1.54) is 12.1 Å². The zero-order valence-electron chi connectivity index (χ0n) is 15.2. The standard InChI is InChI=1S/C20H23FN4O/c1-24-17-4-3-9-22-20(17)23-19(24)13-25-10-7-14(8-11-25)16-6-5-15(21)12-18(16)26-2/h3-6,9,12,14H,7-8,10-11,13H2,1-2H3. The van der Waals surface area contributed by atoms with Crippen LogP contribution in [0.4, 0.5) is 4.39 Å². The summed E-state index contributed by atoms with van der Waals surface area (Å²) in [6, 6.07) is 8.86. The Kier molecular flexibility index (Phi) is 4.59. The molecule has 26 heavy (non-hydrogen) atoms. The van der Waals surface area contributed by atoms with Gasteiger partial charge in [0.25, 0.3) is 0 Å². The van der Waals surface area contributed by atoms with Gasteiger partial charge in [-0.1, -0.05) is 6.07 Å². The number of rotatable bonds is 4. The van der Waals surface area contributed by atoms with E-state index < -0.39 is 0 Å². The van der Waals surface area contributed by atoms with Crippen LogP contribution in [-0.2, 0) is 13.6 Å². The maximum absolute atomic E-state index is 13.4. The van der Waals surface area contributed by atoms with Crippen LogP contribution in [0, 0.1) is 5.82 Å². The molecule has 1 fully saturated rings. The summed E-state index contributed by atoms with van der Waals surface area (Å²) >= 11 is 0. The van der Waals surface area contributed by atoms with Gasteiger partial charge in [-0.05, 0) is 55.6 Å². The van der Waals surface area contributed by atoms with Crippen molar-refractivity contribution in [3.05, 3.63) is 53.7 Å². The minimum Gasteiger partial charge on any atom is -0.496 e. The van der Waals surface area contributed by atoms with Gasteiger partial charge >= 0.3 is 0 Å². The lowest BCUT2D eigenvalue weighted by Crippen LogP contribution is -2.33. The van der Waals surface area contributed by atoms with Crippen molar-refractivity contribution in [3.63, 3.8) is 0 Å². The van der Waals surface area contributed by atoms with Gasteiger partial charge in [0.2, 0.25) is 0 Å². The molecular formula is C20H23FN4O. The van der Waals surface area contributed by atoms with Crippen LogP contribution >= 0.6 is 0 Å². The molecule has 0 amide bonds. The number of likely N-dealkylation sites (tertiary alicyclic amines) is 1. The molecule has 136 valence electrons. The van der Waals surface area contributed by atoms with Crippen LogP contribution in [0.5, 0.6) is 5.75 Å². The average Bonchev–Trinajstić information content (AvgIpc) is 2.98. The van der Waals surface area contributed by atoms with Crippen molar-refractivity contribution >= 4 is 11.2 Å². The third kappa shape index (κ3) is 3.17. The molecular weight excluding hydrogens is 331 g/mol. The zero-order chi connectivity index (χ0) is 18.1. The Morgan fingerprint density at radius 2 is 2.04 bits per heavy atom. The van der Waals surface area contributed by atoms with Gasteiger partial charge in [-0.25, -0.2) is 14.4 Å². The van der Waals surface area contributed by atoms with Crippen molar-refractivity contribution in [3.8, 4) is 5.75 Å². The second-order valence-corrected chi connectivity index (χ2v) is 6.87. The number of pyridine rings is 1. The normalized spacial score (nSPS) is 16.3. The topological polar surface area (TPSA) is 43.2 Å². The third-order valence-electron chi connectivity index (χ3n) is 5.34. The molecule has 3 heterocycles. The maximum atomic E-state index is 13.4. The molecule has 0 unspecified atom stereocenters. The molecule has 2 aromatic heterocycles. The van der Waals surface area contributed by atoms with Crippen LogP contribution in [0.2, 0.25) is 0 Å². The Morgan fingerprint density at radius 3 is 2.77 bits per heavy atom. The number of benzene rings is 1. The fourth-order valence-corrected chi connectivity index (χ4v) is 3.84. The number of imidazole rings is 1. The summed E-state index contributed by atoms with van der Waals surface area (Å²) in [5.74, 6) is 1.85. The van der Waals surface area contributed by atoms with E-state index in [4.69, 9.17) is 4.74 Å². The lowest BCUT2D eigenvalue weighted by atomic mass is 9.88. The molecule has 0 spiro atoms. The van der Waals surface area contributed by atoms with E-state index >= 15 is 0 Å². The summed E-state index contributed by atoms with van der Waals surface area (Å²) in [5.41, 5.74) is 2.98. The van der Waals surface area contributed by atoms with Crippen molar-refractivity contribution < 1.29 is 9.13 Å². The van der Waals surface area contributed by atoms with E-state index in [9.17, 15) is 4.39 Å². The molecule has 0 radical (unpaired) electrons. The Balaban J connectivity index is 1.44. The van der Waals surface area contributed by atoms with Crippen LogP contribution in [0.1, 0.15) is 30.1 Å². The Morgan fingerprint density at radius 1 is 1.23 bits per heavy atom. The van der Waals surface area contributed by atoms with Crippen LogP contribution < -0.4 is 4.74 Å². The number of aryl methyl sites for hydroxylation is 1. The van der Waals surface area contributed by atoms with E-state index in [2.05, 4.69) is 19.4 Å². The van der Waals surface area contributed by atoms with E-state index in [-0.39, 0.29) is 5.82 Å². The first kappa shape index (κ1) is 17.0. The van der Waals surface area contributed by atoms with Gasteiger partial charge in [-0.3, -0.25) is 4.90 Å². The lowest BCUT2D eigenvalue weighted by molar-refractivity contribution is 0.197. The zero-order valence-corrected chi connectivity index (χ0v) is 15.2. The number of piperidine rings is 1. The molecule has 1 aliphatic heterocycles. The minimum atomic E-state index is -0.251. The molecule has 0 N–H and O–H groups in total. The molecule has 6 heteroatoms. The number of hydrogen-bond donors (Lipinski definition) is 0. The van der Waals surface area contributed by atoms with E-state index in [0.717, 1.165) is 55.0 Å². The van der Waals surface area contributed by atoms with E-state index in [1.807, 2.05) is 25.2 Å². The predicted octanol–water partition coefficient (Wildman–Crippen LogP) is 3.50. The second kappa shape index (κ2) is 7.03. The summed E-state index contributed by atoms with van der Waals surface area (Å²) in [5, 5.41) is 0. The van der Waals surface area contributed by atoms with Crippen molar-refractivity contribution in [1.29, 1.82) is 0 Å². The molecule has 3 aromatic rings. The van der Waals surface area contributed by atoms with Gasteiger partial charge in [0.15, 0.2) is 5.65 Å². The molecule has 1 saturated heterocycles. The Labute approximate surface area is 152 Å². The summed E-state index contributed by atoms with van der Waals surface area (Å²) in [6.07, 6.45) is 3.84. The van der Waals surface area contributed by atoms with Crippen LogP contribution in [0.15, 0.2) is 36.5 Å². The first-order valence-corrected chi connectivity index (χ1v) is 8.98. The number of fused-ring (bicyclic) bond motifs is 1. The first-order valence-electron chi connectivity index (χ1n) is 8.98. The predicted molar refractivity (Wildman–Crippen MR) is 98.7 cm³/mol. The molecule has 4 rings (SSSR count). The van der Waals surface area contributed by atoms with Gasteiger partial charge in [0.1, 0.15) is 17.4 Å². The van der Waals surface area contributed by atoms with Crippen molar-refractivity contribution in [2.45, 2.75) is 25.3 Å². The highest BCUT2D eigenvalue weighted by atomic mass is 19.1. The second-order valence-electron chi connectivity index (χ2n) is 6.87. The summed E-state index contributed by atoms with van der Waals surface area (Å²) in [7, 11) is 3.65. The molecule has 0 aliphatic carbocycles. The highest BCUT2D eigenvalue weighted by Crippen LogP contribution is 2.35. The number of methoxy groups -OCH3 is 1. The summed E-state index contributed by atoms with van der Waals surface area (Å²) < 4.78 is 20.9. The average molecular weight is 354 g/mol. The van der Waals surface area contributed by atoms with Gasteiger partial charge in [-0.15, -0.1) is 0 Å². The van der Waals surface area contributed by atoms with Gasteiger partial charge in [-0.2, -0.15) is 0 Å². The SMILES string of the molecule is COc1cc(F)ccc1C1CCN(Cc2nc3ncccc3n2C)CC1. The number of hydrogen-bond acceptors (Lipinski definition) is 4. The van der Waals surface area contributed by atoms with Crippen molar-refractivity contribution in [2.75, 3.05) is 20.2 Å². The van der Waals surface area contributed by atoms with Crippen molar-refractivity contribution in [1.82, 2.24) is 19.4 Å². The molecule has 1 aromatic carbocycles. The molecule has 0 saturated carbocycles. The number of aromatic nitrogens is 3. The fourth-order valence-electron chi connectivity index (χ4n) is 3.84. The number of halogens is 1. The quantitative estimate of drug-likeness (QED) is 0.719. The van der Waals surface area contributed by atoms with Crippen LogP contribution in [0.25, 0.3) is 11.2 Å².